The second-order valence-corrected chi connectivity index (χ2v) is 4.96. The molecule has 0 saturated carbocycles. The zero-order valence-electron chi connectivity index (χ0n) is 11.2. The van der Waals surface area contributed by atoms with Crippen LogP contribution in [-0.4, -0.2) is 49.6 Å². The quantitative estimate of drug-likeness (QED) is 0.784. The fraction of sp³-hybridized carbons (Fsp3) is 0.500. The Balaban J connectivity index is 1.75. The first-order valence-electron chi connectivity index (χ1n) is 6.74. The average Bonchev–Trinajstić information content (AvgIpc) is 2.46. The summed E-state index contributed by atoms with van der Waals surface area (Å²) in [4.78, 5) is 15.6. The Hall–Kier alpha value is -1.59. The van der Waals surface area contributed by atoms with Gasteiger partial charge in [-0.3, -0.25) is 9.69 Å². The zero-order valence-corrected chi connectivity index (χ0v) is 11.2. The summed E-state index contributed by atoms with van der Waals surface area (Å²) in [6, 6.07) is 9.91. The van der Waals surface area contributed by atoms with Crippen LogP contribution in [0, 0.1) is 0 Å². The van der Waals surface area contributed by atoms with E-state index in [1.54, 1.807) is 0 Å². The molecule has 1 unspecified atom stereocenters. The van der Waals surface area contributed by atoms with Crippen molar-refractivity contribution in [3.8, 4) is 0 Å². The number of amides is 1. The number of piperazine rings is 1. The normalized spacial score (nSPS) is 18.3. The molecule has 0 aromatic heterocycles. The van der Waals surface area contributed by atoms with Gasteiger partial charge in [-0.2, -0.15) is 0 Å². The molecule has 1 atom stereocenters. The first-order valence-corrected chi connectivity index (χ1v) is 6.74. The lowest BCUT2D eigenvalue weighted by atomic mass is 10.2. The number of nitrogens with two attached hydrogens (primary N) is 2. The van der Waals surface area contributed by atoms with Gasteiger partial charge < -0.3 is 16.4 Å². The molecule has 1 fully saturated rings. The molecule has 1 aliphatic rings. The van der Waals surface area contributed by atoms with Crippen molar-refractivity contribution in [3.63, 3.8) is 0 Å². The van der Waals surface area contributed by atoms with Crippen molar-refractivity contribution in [2.45, 2.75) is 12.5 Å². The summed E-state index contributed by atoms with van der Waals surface area (Å²) < 4.78 is 0. The van der Waals surface area contributed by atoms with Crippen LogP contribution in [0.25, 0.3) is 0 Å². The Bertz CT molecular complexity index is 401. The highest BCUT2D eigenvalue weighted by molar-refractivity contribution is 5.79. The Morgan fingerprint density at radius 2 is 1.79 bits per heavy atom. The molecular formula is C14H22N4O. The molecule has 1 aromatic rings. The lowest BCUT2D eigenvalue weighted by molar-refractivity contribution is -0.119. The molecule has 4 N–H and O–H groups in total. The summed E-state index contributed by atoms with van der Waals surface area (Å²) >= 11 is 0. The molecule has 0 aliphatic carbocycles. The van der Waals surface area contributed by atoms with Gasteiger partial charge in [0.1, 0.15) is 0 Å². The van der Waals surface area contributed by atoms with Gasteiger partial charge in [0.2, 0.25) is 5.91 Å². The van der Waals surface area contributed by atoms with Gasteiger partial charge in [-0.1, -0.05) is 18.2 Å². The van der Waals surface area contributed by atoms with Crippen LogP contribution in [0.2, 0.25) is 0 Å². The second-order valence-electron chi connectivity index (χ2n) is 4.96. The van der Waals surface area contributed by atoms with Crippen LogP contribution in [0.15, 0.2) is 30.3 Å². The van der Waals surface area contributed by atoms with Crippen LogP contribution < -0.4 is 16.4 Å². The van der Waals surface area contributed by atoms with E-state index < -0.39 is 11.9 Å². The van der Waals surface area contributed by atoms with Gasteiger partial charge in [0.25, 0.3) is 0 Å². The van der Waals surface area contributed by atoms with Crippen molar-refractivity contribution in [3.05, 3.63) is 30.3 Å². The minimum atomic E-state index is -0.521. The predicted octanol–water partition coefficient (Wildman–Crippen LogP) is 0.0113. The van der Waals surface area contributed by atoms with Crippen LogP contribution in [0.5, 0.6) is 0 Å². The van der Waals surface area contributed by atoms with Gasteiger partial charge in [0, 0.05) is 38.4 Å². The molecule has 0 bridgehead atoms. The maximum atomic E-state index is 10.9. The van der Waals surface area contributed by atoms with E-state index in [1.165, 1.54) is 5.69 Å². The number of rotatable bonds is 5. The summed E-state index contributed by atoms with van der Waals surface area (Å²) in [6.07, 6.45) is 0.640. The van der Waals surface area contributed by atoms with E-state index in [1.807, 2.05) is 6.07 Å². The molecule has 104 valence electrons. The van der Waals surface area contributed by atoms with Crippen LogP contribution >= 0.6 is 0 Å². The van der Waals surface area contributed by atoms with Crippen molar-refractivity contribution >= 4 is 11.6 Å². The summed E-state index contributed by atoms with van der Waals surface area (Å²) in [5, 5.41) is 0. The molecule has 1 saturated heterocycles. The van der Waals surface area contributed by atoms with Gasteiger partial charge >= 0.3 is 0 Å². The SMILES string of the molecule is NC(=O)C(N)CCN1CCN(c2ccccc2)CC1. The maximum Gasteiger partial charge on any atom is 0.234 e. The fourth-order valence-electron chi connectivity index (χ4n) is 2.33. The monoisotopic (exact) mass is 262 g/mol. The van der Waals surface area contributed by atoms with Crippen molar-refractivity contribution in [2.75, 3.05) is 37.6 Å². The number of hydrogen-bond acceptors (Lipinski definition) is 4. The highest BCUT2D eigenvalue weighted by atomic mass is 16.1. The summed E-state index contributed by atoms with van der Waals surface area (Å²) in [7, 11) is 0. The minimum Gasteiger partial charge on any atom is -0.369 e. The number of para-hydroxylation sites is 1. The highest BCUT2D eigenvalue weighted by Crippen LogP contribution is 2.15. The number of nitrogens with zero attached hydrogens (tertiary/aromatic N) is 2. The average molecular weight is 262 g/mol. The van der Waals surface area contributed by atoms with E-state index in [0.29, 0.717) is 6.42 Å². The summed E-state index contributed by atoms with van der Waals surface area (Å²) in [5.74, 6) is -0.414. The molecule has 1 heterocycles. The molecule has 0 spiro atoms. The van der Waals surface area contributed by atoms with Crippen LogP contribution in [-0.2, 0) is 4.79 Å². The van der Waals surface area contributed by atoms with Crippen molar-refractivity contribution in [2.24, 2.45) is 11.5 Å². The summed E-state index contributed by atoms with van der Waals surface area (Å²) in [6.45, 7) is 4.86. The first kappa shape index (κ1) is 13.8. The molecule has 19 heavy (non-hydrogen) atoms. The predicted molar refractivity (Wildman–Crippen MR) is 76.9 cm³/mol. The number of carbonyl (C=O) groups is 1. The fourth-order valence-corrected chi connectivity index (χ4v) is 2.33. The van der Waals surface area contributed by atoms with Crippen molar-refractivity contribution < 1.29 is 4.79 Å². The van der Waals surface area contributed by atoms with E-state index in [-0.39, 0.29) is 0 Å². The van der Waals surface area contributed by atoms with Gasteiger partial charge in [-0.05, 0) is 18.6 Å². The van der Waals surface area contributed by atoms with E-state index in [2.05, 4.69) is 34.1 Å². The third-order valence-electron chi connectivity index (χ3n) is 3.62. The standard InChI is InChI=1S/C14H22N4O/c15-13(14(16)19)6-7-17-8-10-18(11-9-17)12-4-2-1-3-5-12/h1-5,13H,6-11,15H2,(H2,16,19). The van der Waals surface area contributed by atoms with E-state index in [9.17, 15) is 4.79 Å². The second kappa shape index (κ2) is 6.54. The van der Waals surface area contributed by atoms with E-state index >= 15 is 0 Å². The molecular weight excluding hydrogens is 240 g/mol. The van der Waals surface area contributed by atoms with Gasteiger partial charge in [-0.15, -0.1) is 0 Å². The zero-order chi connectivity index (χ0) is 13.7. The van der Waals surface area contributed by atoms with Gasteiger partial charge in [-0.25, -0.2) is 0 Å². The van der Waals surface area contributed by atoms with E-state index in [4.69, 9.17) is 11.5 Å². The Morgan fingerprint density at radius 1 is 1.16 bits per heavy atom. The number of anilines is 1. The maximum absolute atomic E-state index is 10.9. The number of benzene rings is 1. The first-order chi connectivity index (χ1) is 9.16. The lowest BCUT2D eigenvalue weighted by Gasteiger charge is -2.36. The van der Waals surface area contributed by atoms with Crippen molar-refractivity contribution in [1.82, 2.24) is 4.90 Å². The molecule has 1 aromatic carbocycles. The van der Waals surface area contributed by atoms with E-state index in [0.717, 1.165) is 32.7 Å². The molecule has 5 heteroatoms. The van der Waals surface area contributed by atoms with Crippen molar-refractivity contribution in [1.29, 1.82) is 0 Å². The lowest BCUT2D eigenvalue weighted by Crippen LogP contribution is -2.48. The summed E-state index contributed by atoms with van der Waals surface area (Å²) in [5.41, 5.74) is 12.1. The highest BCUT2D eigenvalue weighted by Gasteiger charge is 2.18. The Morgan fingerprint density at radius 3 is 2.37 bits per heavy atom. The topological polar surface area (TPSA) is 75.6 Å². The number of primary amides is 1. The number of hydrogen-bond donors (Lipinski definition) is 2. The Labute approximate surface area is 114 Å². The van der Waals surface area contributed by atoms with Gasteiger partial charge in [0.05, 0.1) is 6.04 Å². The third-order valence-corrected chi connectivity index (χ3v) is 3.62. The smallest absolute Gasteiger partial charge is 0.234 e. The van der Waals surface area contributed by atoms with Gasteiger partial charge in [0.15, 0.2) is 0 Å². The third kappa shape index (κ3) is 3.94. The Kier molecular flexibility index (Phi) is 4.76. The van der Waals surface area contributed by atoms with Crippen LogP contribution in [0.1, 0.15) is 6.42 Å². The minimum absolute atomic E-state index is 0.414. The number of carbonyl (C=O) groups excluding carboxylic acids is 1. The molecule has 5 nitrogen and oxygen atoms in total. The van der Waals surface area contributed by atoms with Crippen LogP contribution in [0.4, 0.5) is 5.69 Å². The molecule has 1 aliphatic heterocycles. The molecule has 1 amide bonds. The molecule has 2 rings (SSSR count). The van der Waals surface area contributed by atoms with Crippen LogP contribution in [0.3, 0.4) is 0 Å². The largest absolute Gasteiger partial charge is 0.369 e. The molecule has 0 radical (unpaired) electrons.